The van der Waals surface area contributed by atoms with E-state index in [1.54, 1.807) is 19.9 Å². The van der Waals surface area contributed by atoms with Crippen molar-refractivity contribution in [2.45, 2.75) is 39.2 Å². The lowest BCUT2D eigenvalue weighted by molar-refractivity contribution is -0.154. The predicted molar refractivity (Wildman–Crippen MR) is 91.8 cm³/mol. The molecule has 26 heavy (non-hydrogen) atoms. The molecule has 3 atom stereocenters. The van der Waals surface area contributed by atoms with Crippen LogP contribution in [0.5, 0.6) is 0 Å². The maximum absolute atomic E-state index is 14.3. The van der Waals surface area contributed by atoms with Gasteiger partial charge in [0.1, 0.15) is 11.7 Å². The molecule has 0 unspecified atom stereocenters. The Morgan fingerprint density at radius 3 is 2.54 bits per heavy atom. The number of hydrogen-bond acceptors (Lipinski definition) is 5. The smallest absolute Gasteiger partial charge is 0.407 e. The number of rotatable bonds is 6. The molecule has 1 aromatic carbocycles. The van der Waals surface area contributed by atoms with E-state index in [0.29, 0.717) is 19.3 Å². The Balaban J connectivity index is 2.31. The summed E-state index contributed by atoms with van der Waals surface area (Å²) in [4.78, 5) is 36.9. The van der Waals surface area contributed by atoms with Crippen molar-refractivity contribution < 1.29 is 28.2 Å². The van der Waals surface area contributed by atoms with Crippen LogP contribution in [0.2, 0.25) is 0 Å². The minimum atomic E-state index is -0.903. The first kappa shape index (κ1) is 19.9. The van der Waals surface area contributed by atoms with Gasteiger partial charge < -0.3 is 14.8 Å². The Kier molecular flexibility index (Phi) is 7.12. The van der Waals surface area contributed by atoms with Gasteiger partial charge in [0.05, 0.1) is 19.3 Å². The van der Waals surface area contributed by atoms with Crippen molar-refractivity contribution in [2.75, 3.05) is 13.2 Å². The summed E-state index contributed by atoms with van der Waals surface area (Å²) in [7, 11) is 0. The Hall–Kier alpha value is -2.44. The molecule has 0 saturated heterocycles. The van der Waals surface area contributed by atoms with Crippen LogP contribution in [-0.2, 0) is 19.1 Å². The van der Waals surface area contributed by atoms with Gasteiger partial charge in [-0.1, -0.05) is 24.6 Å². The zero-order chi connectivity index (χ0) is 19.1. The highest BCUT2D eigenvalue weighted by Gasteiger charge is 2.42. The maximum Gasteiger partial charge on any atom is 0.407 e. The second kappa shape index (κ2) is 9.31. The van der Waals surface area contributed by atoms with Gasteiger partial charge in [0, 0.05) is 11.5 Å². The largest absolute Gasteiger partial charge is 0.465 e. The maximum atomic E-state index is 14.3. The highest BCUT2D eigenvalue weighted by atomic mass is 19.1. The minimum Gasteiger partial charge on any atom is -0.465 e. The Labute approximate surface area is 152 Å². The number of ether oxygens (including phenoxy) is 2. The molecule has 0 aliphatic heterocycles. The van der Waals surface area contributed by atoms with E-state index in [0.717, 1.165) is 0 Å². The van der Waals surface area contributed by atoms with Crippen molar-refractivity contribution in [3.63, 3.8) is 0 Å². The lowest BCUT2D eigenvalue weighted by Crippen LogP contribution is -2.43. The summed E-state index contributed by atoms with van der Waals surface area (Å²) in [6, 6.07) is 5.05. The third kappa shape index (κ3) is 4.59. The van der Waals surface area contributed by atoms with E-state index in [1.807, 2.05) is 0 Å². The van der Waals surface area contributed by atoms with Crippen LogP contribution in [0.4, 0.5) is 9.18 Å². The van der Waals surface area contributed by atoms with Gasteiger partial charge >= 0.3 is 12.1 Å². The van der Waals surface area contributed by atoms with Crippen molar-refractivity contribution in [1.29, 1.82) is 0 Å². The lowest BCUT2D eigenvalue weighted by atomic mass is 9.74. The number of carbonyl (C=O) groups excluding carboxylic acids is 3. The molecule has 1 aromatic rings. The fourth-order valence-corrected chi connectivity index (χ4v) is 3.31. The van der Waals surface area contributed by atoms with Gasteiger partial charge in [0.2, 0.25) is 0 Å². The Morgan fingerprint density at radius 2 is 1.88 bits per heavy atom. The Bertz CT molecular complexity index is 663. The van der Waals surface area contributed by atoms with Gasteiger partial charge in [-0.15, -0.1) is 0 Å². The normalized spacial score (nSPS) is 21.0. The van der Waals surface area contributed by atoms with E-state index in [-0.39, 0.29) is 24.6 Å². The van der Waals surface area contributed by atoms with E-state index in [2.05, 4.69) is 5.32 Å². The van der Waals surface area contributed by atoms with E-state index >= 15 is 0 Å². The molecule has 1 fully saturated rings. The van der Waals surface area contributed by atoms with Crippen LogP contribution in [0, 0.1) is 17.7 Å². The number of halogens is 1. The molecule has 0 radical (unpaired) electrons. The van der Waals surface area contributed by atoms with Gasteiger partial charge in [-0.25, -0.2) is 9.18 Å². The zero-order valence-electron chi connectivity index (χ0n) is 15.0. The van der Waals surface area contributed by atoms with Crippen molar-refractivity contribution in [2.24, 2.45) is 11.8 Å². The van der Waals surface area contributed by atoms with Crippen molar-refractivity contribution in [3.05, 3.63) is 35.6 Å². The summed E-state index contributed by atoms with van der Waals surface area (Å²) in [5, 5.41) is 2.59. The minimum absolute atomic E-state index is 0.153. The second-order valence-corrected chi connectivity index (χ2v) is 6.11. The standard InChI is InChI=1S/C19H24FNO5/c1-3-25-18(23)14-10-7-9-13(17(14)22)16(21-19(24)26-4-2)12-8-5-6-11-15(12)20/h5-6,8,11,13-14,16H,3-4,7,9-10H2,1-2H3,(H,21,24)/t13-,14-,16+/m0/s1. The number of alkyl carbamates (subject to hydrolysis) is 1. The summed E-state index contributed by atoms with van der Waals surface area (Å²) in [6.45, 7) is 3.67. The van der Waals surface area contributed by atoms with Gasteiger partial charge in [-0.2, -0.15) is 0 Å². The number of esters is 1. The predicted octanol–water partition coefficient (Wildman–Crippen LogP) is 3.16. The molecule has 1 aliphatic rings. The number of benzene rings is 1. The first-order valence-electron chi connectivity index (χ1n) is 8.87. The highest BCUT2D eigenvalue weighted by Crippen LogP contribution is 2.36. The number of amides is 1. The summed E-state index contributed by atoms with van der Waals surface area (Å²) in [6.07, 6.45) is 0.722. The summed E-state index contributed by atoms with van der Waals surface area (Å²) >= 11 is 0. The summed E-state index contributed by atoms with van der Waals surface area (Å²) < 4.78 is 24.2. The van der Waals surface area contributed by atoms with Crippen LogP contribution in [-0.4, -0.2) is 31.1 Å². The van der Waals surface area contributed by atoms with Crippen LogP contribution in [0.3, 0.4) is 0 Å². The summed E-state index contributed by atoms with van der Waals surface area (Å²) in [5.74, 6) is -3.03. The Morgan fingerprint density at radius 1 is 1.19 bits per heavy atom. The molecule has 6 nitrogen and oxygen atoms in total. The van der Waals surface area contributed by atoms with E-state index in [1.165, 1.54) is 18.2 Å². The first-order chi connectivity index (χ1) is 12.5. The number of hydrogen-bond donors (Lipinski definition) is 1. The molecular formula is C19H24FNO5. The average molecular weight is 365 g/mol. The van der Waals surface area contributed by atoms with Crippen molar-refractivity contribution >= 4 is 17.8 Å². The van der Waals surface area contributed by atoms with Crippen LogP contribution in [0.1, 0.15) is 44.7 Å². The molecule has 0 aromatic heterocycles. The van der Waals surface area contributed by atoms with E-state index < -0.39 is 35.8 Å². The topological polar surface area (TPSA) is 81.7 Å². The molecule has 1 aliphatic carbocycles. The van der Waals surface area contributed by atoms with Gasteiger partial charge in [0.25, 0.3) is 0 Å². The molecule has 7 heteroatoms. The molecule has 1 N–H and O–H groups in total. The molecule has 0 bridgehead atoms. The second-order valence-electron chi connectivity index (χ2n) is 6.11. The number of nitrogens with one attached hydrogen (secondary N) is 1. The fraction of sp³-hybridized carbons (Fsp3) is 0.526. The third-order valence-corrected chi connectivity index (χ3v) is 4.48. The summed E-state index contributed by atoms with van der Waals surface area (Å²) in [5.41, 5.74) is 0.198. The molecule has 142 valence electrons. The SMILES string of the molecule is CCOC(=O)N[C@H](c1ccccc1F)[C@@H]1CCC[C@H](C(=O)OCC)C1=O. The number of ketones is 1. The zero-order valence-corrected chi connectivity index (χ0v) is 15.0. The fourth-order valence-electron chi connectivity index (χ4n) is 3.31. The lowest BCUT2D eigenvalue weighted by Gasteiger charge is -2.33. The first-order valence-corrected chi connectivity index (χ1v) is 8.87. The van der Waals surface area contributed by atoms with Gasteiger partial charge in [0.15, 0.2) is 5.78 Å². The van der Waals surface area contributed by atoms with Crippen molar-refractivity contribution in [3.8, 4) is 0 Å². The van der Waals surface area contributed by atoms with Crippen LogP contribution < -0.4 is 5.32 Å². The monoisotopic (exact) mass is 365 g/mol. The van der Waals surface area contributed by atoms with Crippen LogP contribution in [0.25, 0.3) is 0 Å². The molecule has 1 saturated carbocycles. The van der Waals surface area contributed by atoms with Crippen LogP contribution >= 0.6 is 0 Å². The molecule has 0 heterocycles. The van der Waals surface area contributed by atoms with Crippen molar-refractivity contribution in [1.82, 2.24) is 5.32 Å². The van der Waals surface area contributed by atoms with Gasteiger partial charge in [-0.3, -0.25) is 9.59 Å². The van der Waals surface area contributed by atoms with Crippen LogP contribution in [0.15, 0.2) is 24.3 Å². The van der Waals surface area contributed by atoms with E-state index in [9.17, 15) is 18.8 Å². The molecule has 2 rings (SSSR count). The average Bonchev–Trinajstić information content (AvgIpc) is 2.61. The number of carbonyl (C=O) groups is 3. The molecule has 0 spiro atoms. The third-order valence-electron chi connectivity index (χ3n) is 4.48. The molecule has 1 amide bonds. The van der Waals surface area contributed by atoms with E-state index in [4.69, 9.17) is 9.47 Å². The molecular weight excluding hydrogens is 341 g/mol. The highest BCUT2D eigenvalue weighted by molar-refractivity contribution is 6.01. The number of Topliss-reactive ketones (excluding diaryl/α,β-unsaturated/α-hetero) is 1. The quantitative estimate of drug-likeness (QED) is 0.619. The van der Waals surface area contributed by atoms with Gasteiger partial charge in [-0.05, 0) is 32.8 Å².